The zero-order valence-corrected chi connectivity index (χ0v) is 13.9. The Morgan fingerprint density at radius 1 is 1.05 bits per heavy atom. The number of alkyl halides is 2. The van der Waals surface area contributed by atoms with E-state index in [1.54, 1.807) is 0 Å². The SMILES string of the molecule is CC[N+](CC)(CC)CC.O=S(=O)([O-])CC(F)CCCF. The van der Waals surface area contributed by atoms with Gasteiger partial charge in [0, 0.05) is 0 Å². The van der Waals surface area contributed by atoms with Crippen molar-refractivity contribution in [3.63, 3.8) is 0 Å². The van der Waals surface area contributed by atoms with Crippen LogP contribution < -0.4 is 0 Å². The fraction of sp³-hybridized carbons (Fsp3) is 1.00. The van der Waals surface area contributed by atoms with Crippen LogP contribution in [-0.4, -0.2) is 62.2 Å². The van der Waals surface area contributed by atoms with Gasteiger partial charge in [-0.15, -0.1) is 0 Å². The lowest BCUT2D eigenvalue weighted by atomic mass is 10.2. The maximum absolute atomic E-state index is 12.3. The summed E-state index contributed by atoms with van der Waals surface area (Å²) < 4.78 is 54.8. The third kappa shape index (κ3) is 11.5. The van der Waals surface area contributed by atoms with E-state index in [4.69, 9.17) is 0 Å². The maximum Gasteiger partial charge on any atom is 0.113 e. The van der Waals surface area contributed by atoms with E-state index < -0.39 is 28.7 Å². The first-order valence-corrected chi connectivity index (χ1v) is 8.76. The van der Waals surface area contributed by atoms with Gasteiger partial charge in [-0.3, -0.25) is 4.39 Å². The molecule has 0 heterocycles. The molecule has 0 bridgehead atoms. The summed E-state index contributed by atoms with van der Waals surface area (Å²) in [6.45, 7) is 13.5. The molecule has 0 saturated heterocycles. The Bertz CT molecular complexity index is 302. The van der Waals surface area contributed by atoms with Gasteiger partial charge >= 0.3 is 0 Å². The first-order valence-electron chi connectivity index (χ1n) is 7.18. The summed E-state index contributed by atoms with van der Waals surface area (Å²) >= 11 is 0. The molecule has 0 fully saturated rings. The number of nitrogens with zero attached hydrogens (tertiary/aromatic N) is 1. The highest BCUT2D eigenvalue weighted by atomic mass is 32.2. The molecular formula is C13H29F2NO3S. The van der Waals surface area contributed by atoms with E-state index in [2.05, 4.69) is 27.7 Å². The smallest absolute Gasteiger partial charge is 0.113 e. The monoisotopic (exact) mass is 317 g/mol. The number of hydrogen-bond acceptors (Lipinski definition) is 3. The van der Waals surface area contributed by atoms with Crippen molar-refractivity contribution in [2.45, 2.75) is 46.7 Å². The van der Waals surface area contributed by atoms with Crippen molar-refractivity contribution in [3.8, 4) is 0 Å². The van der Waals surface area contributed by atoms with Crippen LogP contribution >= 0.6 is 0 Å². The standard InChI is InChI=1S/C8H20N.C5H10F2O3S/c1-5-9(6-2,7-3)8-4;6-3-1-2-5(7)4-11(8,9)10/h5-8H2,1-4H3;5H,1-4H2,(H,8,9,10)/q+1;/p-1. The topological polar surface area (TPSA) is 57.2 Å². The van der Waals surface area contributed by atoms with Crippen molar-refractivity contribution in [2.24, 2.45) is 0 Å². The molecule has 4 nitrogen and oxygen atoms in total. The normalized spacial score (nSPS) is 13.6. The zero-order chi connectivity index (χ0) is 16.2. The van der Waals surface area contributed by atoms with Crippen LogP contribution in [0.2, 0.25) is 0 Å². The number of hydrogen-bond donors (Lipinski definition) is 0. The minimum absolute atomic E-state index is 0.0450. The third-order valence-corrected chi connectivity index (χ3v) is 4.49. The number of quaternary nitrogens is 1. The van der Waals surface area contributed by atoms with Gasteiger partial charge in [0.15, 0.2) is 0 Å². The molecule has 1 unspecified atom stereocenters. The molecule has 7 heteroatoms. The number of rotatable bonds is 9. The molecule has 0 aromatic heterocycles. The quantitative estimate of drug-likeness (QED) is 0.485. The minimum atomic E-state index is -4.50. The average molecular weight is 317 g/mol. The van der Waals surface area contributed by atoms with Gasteiger partial charge in [-0.25, -0.2) is 12.8 Å². The molecule has 0 aliphatic carbocycles. The minimum Gasteiger partial charge on any atom is -0.748 e. The lowest BCUT2D eigenvalue weighted by Gasteiger charge is -2.34. The Kier molecular flexibility index (Phi) is 12.5. The van der Waals surface area contributed by atoms with E-state index in [-0.39, 0.29) is 12.8 Å². The van der Waals surface area contributed by atoms with Crippen molar-refractivity contribution < 1.29 is 26.2 Å². The lowest BCUT2D eigenvalue weighted by molar-refractivity contribution is -0.921. The molecule has 20 heavy (non-hydrogen) atoms. The first kappa shape index (κ1) is 22.0. The molecule has 0 spiro atoms. The molecule has 1 atom stereocenters. The molecule has 124 valence electrons. The van der Waals surface area contributed by atoms with Crippen LogP contribution in [0.15, 0.2) is 0 Å². The van der Waals surface area contributed by atoms with Crippen LogP contribution in [0.4, 0.5) is 8.78 Å². The Morgan fingerprint density at radius 2 is 1.45 bits per heavy atom. The van der Waals surface area contributed by atoms with Crippen LogP contribution in [0.1, 0.15) is 40.5 Å². The summed E-state index contributed by atoms with van der Waals surface area (Å²) in [6, 6.07) is 0. The zero-order valence-electron chi connectivity index (χ0n) is 13.1. The Hall–Kier alpha value is -0.270. The second kappa shape index (κ2) is 11.4. The molecule has 0 aliphatic heterocycles. The first-order chi connectivity index (χ1) is 9.20. The van der Waals surface area contributed by atoms with Gasteiger partial charge in [-0.1, -0.05) is 0 Å². The van der Waals surface area contributed by atoms with E-state index in [9.17, 15) is 21.8 Å². The molecule has 0 amide bonds. The molecule has 0 aromatic carbocycles. The van der Waals surface area contributed by atoms with Gasteiger partial charge in [0.25, 0.3) is 0 Å². The van der Waals surface area contributed by atoms with E-state index in [1.807, 2.05) is 0 Å². The molecule has 0 rings (SSSR count). The molecule has 0 radical (unpaired) electrons. The van der Waals surface area contributed by atoms with Crippen molar-refractivity contribution in [1.82, 2.24) is 0 Å². The van der Waals surface area contributed by atoms with E-state index in [0.29, 0.717) is 0 Å². The summed E-state index contributed by atoms with van der Waals surface area (Å²) in [5.74, 6) is -1.05. The molecular weight excluding hydrogens is 288 g/mol. The number of halogens is 2. The summed E-state index contributed by atoms with van der Waals surface area (Å²) in [5.41, 5.74) is 0. The van der Waals surface area contributed by atoms with Crippen molar-refractivity contribution >= 4 is 10.1 Å². The molecule has 0 aromatic rings. The second-order valence-electron chi connectivity index (χ2n) is 4.76. The third-order valence-electron chi connectivity index (χ3n) is 3.72. The summed E-state index contributed by atoms with van der Waals surface area (Å²) in [6.07, 6.45) is -1.98. The van der Waals surface area contributed by atoms with E-state index in [0.717, 1.165) is 0 Å². The Balaban J connectivity index is 0. The second-order valence-corrected chi connectivity index (χ2v) is 6.21. The average Bonchev–Trinajstić information content (AvgIpc) is 2.38. The highest BCUT2D eigenvalue weighted by Crippen LogP contribution is 2.04. The van der Waals surface area contributed by atoms with E-state index >= 15 is 0 Å². The summed E-state index contributed by atoms with van der Waals surface area (Å²) in [7, 11) is -4.50. The van der Waals surface area contributed by atoms with Gasteiger partial charge in [0.2, 0.25) is 0 Å². The van der Waals surface area contributed by atoms with Gasteiger partial charge in [-0.05, 0) is 40.5 Å². The summed E-state index contributed by atoms with van der Waals surface area (Å²) in [5, 5.41) is 0. The van der Waals surface area contributed by atoms with Crippen LogP contribution in [0.3, 0.4) is 0 Å². The Labute approximate surface area is 122 Å². The highest BCUT2D eigenvalue weighted by molar-refractivity contribution is 7.85. The van der Waals surface area contributed by atoms with Crippen LogP contribution in [0, 0.1) is 0 Å². The van der Waals surface area contributed by atoms with Crippen LogP contribution in [0.25, 0.3) is 0 Å². The van der Waals surface area contributed by atoms with Crippen molar-refractivity contribution in [2.75, 3.05) is 38.6 Å². The van der Waals surface area contributed by atoms with Gasteiger partial charge < -0.3 is 9.04 Å². The van der Waals surface area contributed by atoms with Crippen molar-refractivity contribution in [1.29, 1.82) is 0 Å². The molecule has 0 N–H and O–H groups in total. The van der Waals surface area contributed by atoms with Crippen LogP contribution in [0.5, 0.6) is 0 Å². The fourth-order valence-corrected chi connectivity index (χ4v) is 2.55. The Morgan fingerprint density at radius 3 is 1.65 bits per heavy atom. The van der Waals surface area contributed by atoms with Gasteiger partial charge in [0.1, 0.15) is 6.17 Å². The molecule has 0 aliphatic rings. The predicted molar refractivity (Wildman–Crippen MR) is 77.1 cm³/mol. The predicted octanol–water partition coefficient (Wildman–Crippen LogP) is 2.50. The van der Waals surface area contributed by atoms with Gasteiger partial charge in [-0.2, -0.15) is 0 Å². The molecule has 0 saturated carbocycles. The maximum atomic E-state index is 12.3. The van der Waals surface area contributed by atoms with E-state index in [1.165, 1.54) is 30.7 Å². The van der Waals surface area contributed by atoms with Gasteiger partial charge in [0.05, 0.1) is 48.7 Å². The van der Waals surface area contributed by atoms with Crippen LogP contribution in [-0.2, 0) is 10.1 Å². The fourth-order valence-electron chi connectivity index (χ4n) is 1.95. The summed E-state index contributed by atoms with van der Waals surface area (Å²) in [4.78, 5) is 0. The largest absolute Gasteiger partial charge is 0.748 e. The highest BCUT2D eigenvalue weighted by Gasteiger charge is 2.16. The van der Waals surface area contributed by atoms with Crippen molar-refractivity contribution in [3.05, 3.63) is 0 Å². The lowest BCUT2D eigenvalue weighted by Crippen LogP contribution is -2.47.